The Kier molecular flexibility index (Phi) is 5.34. The minimum atomic E-state index is -0.483. The number of hydrogen-bond donors (Lipinski definition) is 5. The van der Waals surface area contributed by atoms with E-state index in [4.69, 9.17) is 9.98 Å². The second kappa shape index (κ2) is 8.54. The Morgan fingerprint density at radius 1 is 1.20 bits per heavy atom. The SMILES string of the molecule is CC1CC1C(=O)NC1CCC(Nc2cc(=NC3CC3)n3ncc(=Cc4[nH]c(=O)[nH]c4O)c3n2)CC1. The number of hydrogen-bond acceptors (Lipinski definition) is 7. The quantitative estimate of drug-likeness (QED) is 0.349. The van der Waals surface area contributed by atoms with E-state index in [1.54, 1.807) is 16.8 Å². The molecule has 3 aliphatic rings. The van der Waals surface area contributed by atoms with E-state index in [9.17, 15) is 14.7 Å². The zero-order valence-corrected chi connectivity index (χ0v) is 19.6. The van der Waals surface area contributed by atoms with Gasteiger partial charge in [0.15, 0.2) is 11.1 Å². The highest BCUT2D eigenvalue weighted by Crippen LogP contribution is 2.38. The summed E-state index contributed by atoms with van der Waals surface area (Å²) >= 11 is 0. The fourth-order valence-electron chi connectivity index (χ4n) is 4.86. The molecule has 0 saturated heterocycles. The predicted octanol–water partition coefficient (Wildman–Crippen LogP) is 0.557. The van der Waals surface area contributed by atoms with Crippen molar-refractivity contribution in [3.63, 3.8) is 0 Å². The normalized spacial score (nSPS) is 27.3. The molecule has 35 heavy (non-hydrogen) atoms. The molecule has 184 valence electrons. The predicted molar refractivity (Wildman–Crippen MR) is 129 cm³/mol. The first-order chi connectivity index (χ1) is 16.9. The van der Waals surface area contributed by atoms with Crippen molar-refractivity contribution in [2.45, 2.75) is 70.0 Å². The van der Waals surface area contributed by atoms with Crippen LogP contribution in [0.3, 0.4) is 0 Å². The van der Waals surface area contributed by atoms with Crippen LogP contribution in [-0.2, 0) is 4.79 Å². The molecule has 3 saturated carbocycles. The van der Waals surface area contributed by atoms with Gasteiger partial charge < -0.3 is 20.7 Å². The van der Waals surface area contributed by atoms with E-state index in [1.807, 2.05) is 6.07 Å². The van der Waals surface area contributed by atoms with Gasteiger partial charge in [0.2, 0.25) is 11.8 Å². The number of imidazole rings is 1. The van der Waals surface area contributed by atoms with Crippen molar-refractivity contribution in [2.24, 2.45) is 16.8 Å². The van der Waals surface area contributed by atoms with Crippen LogP contribution >= 0.6 is 0 Å². The van der Waals surface area contributed by atoms with Crippen LogP contribution in [0.15, 0.2) is 22.1 Å². The third kappa shape index (κ3) is 4.67. The van der Waals surface area contributed by atoms with E-state index in [1.165, 1.54) is 0 Å². The molecule has 0 aliphatic heterocycles. The number of rotatable bonds is 6. The second-order valence-electron chi connectivity index (χ2n) is 10.2. The number of carbonyl (C=O) groups is 1. The number of aromatic amines is 2. The minimum absolute atomic E-state index is 0.211. The summed E-state index contributed by atoms with van der Waals surface area (Å²) in [6.45, 7) is 2.13. The second-order valence-corrected chi connectivity index (χ2v) is 10.2. The minimum Gasteiger partial charge on any atom is -0.493 e. The molecule has 2 unspecified atom stereocenters. The summed E-state index contributed by atoms with van der Waals surface area (Å²) in [6, 6.07) is 2.74. The summed E-state index contributed by atoms with van der Waals surface area (Å²) in [4.78, 5) is 38.3. The summed E-state index contributed by atoms with van der Waals surface area (Å²) in [5.74, 6) is 1.44. The highest BCUT2D eigenvalue weighted by Gasteiger charge is 2.40. The van der Waals surface area contributed by atoms with Crippen LogP contribution in [0.25, 0.3) is 11.7 Å². The lowest BCUT2D eigenvalue weighted by Crippen LogP contribution is -2.41. The Hall–Kier alpha value is -3.63. The van der Waals surface area contributed by atoms with Gasteiger partial charge in [-0.1, -0.05) is 6.92 Å². The first-order valence-corrected chi connectivity index (χ1v) is 12.5. The summed E-state index contributed by atoms with van der Waals surface area (Å²) in [7, 11) is 0. The fourth-order valence-corrected chi connectivity index (χ4v) is 4.86. The van der Waals surface area contributed by atoms with Gasteiger partial charge in [-0.15, -0.1) is 0 Å². The maximum Gasteiger partial charge on any atom is 0.326 e. The number of anilines is 1. The monoisotopic (exact) mass is 478 g/mol. The Morgan fingerprint density at radius 3 is 2.60 bits per heavy atom. The molecule has 0 bridgehead atoms. The molecule has 3 heterocycles. The number of carbonyl (C=O) groups excluding carboxylic acids is 1. The lowest BCUT2D eigenvalue weighted by atomic mass is 9.91. The molecule has 3 aromatic heterocycles. The Morgan fingerprint density at radius 2 is 1.94 bits per heavy atom. The maximum atomic E-state index is 12.3. The Labute approximate surface area is 200 Å². The molecule has 0 spiro atoms. The zero-order chi connectivity index (χ0) is 24.1. The molecule has 3 aliphatic carbocycles. The molecule has 3 fully saturated rings. The first-order valence-electron chi connectivity index (χ1n) is 12.5. The van der Waals surface area contributed by atoms with E-state index in [-0.39, 0.29) is 35.5 Å². The number of aromatic nitrogens is 5. The largest absolute Gasteiger partial charge is 0.493 e. The first kappa shape index (κ1) is 21.9. The molecule has 5 N–H and O–H groups in total. The molecule has 1 amide bonds. The van der Waals surface area contributed by atoms with Crippen LogP contribution in [-0.4, -0.2) is 53.7 Å². The molecule has 0 aromatic carbocycles. The van der Waals surface area contributed by atoms with Crippen molar-refractivity contribution in [3.05, 3.63) is 39.1 Å². The molecular formula is C24H30N8O3. The average Bonchev–Trinajstić information content (AvgIpc) is 3.72. The van der Waals surface area contributed by atoms with E-state index >= 15 is 0 Å². The van der Waals surface area contributed by atoms with Crippen molar-refractivity contribution in [3.8, 4) is 5.88 Å². The third-order valence-electron chi connectivity index (χ3n) is 7.25. The van der Waals surface area contributed by atoms with Gasteiger partial charge in [-0.3, -0.25) is 14.8 Å². The van der Waals surface area contributed by atoms with E-state index < -0.39 is 5.69 Å². The topological polar surface area (TPSA) is 153 Å². The van der Waals surface area contributed by atoms with Gasteiger partial charge in [0, 0.05) is 29.3 Å². The van der Waals surface area contributed by atoms with Crippen molar-refractivity contribution in [1.82, 2.24) is 29.9 Å². The van der Waals surface area contributed by atoms with Crippen LogP contribution < -0.4 is 27.0 Å². The molecule has 11 heteroatoms. The summed E-state index contributed by atoms with van der Waals surface area (Å²) in [5, 5.41) is 21.9. The van der Waals surface area contributed by atoms with Crippen LogP contribution in [0.4, 0.5) is 5.82 Å². The number of amides is 1. The lowest BCUT2D eigenvalue weighted by molar-refractivity contribution is -0.123. The van der Waals surface area contributed by atoms with Gasteiger partial charge in [0.1, 0.15) is 11.5 Å². The Balaban J connectivity index is 1.24. The van der Waals surface area contributed by atoms with Gasteiger partial charge >= 0.3 is 5.69 Å². The van der Waals surface area contributed by atoms with Crippen molar-refractivity contribution in [2.75, 3.05) is 5.32 Å². The molecule has 3 aromatic rings. The zero-order valence-electron chi connectivity index (χ0n) is 19.6. The maximum absolute atomic E-state index is 12.3. The number of H-pyrrole nitrogens is 2. The number of aromatic hydroxyl groups is 1. The number of nitrogens with zero attached hydrogens (tertiary/aromatic N) is 4. The summed E-state index contributed by atoms with van der Waals surface area (Å²) < 4.78 is 1.70. The van der Waals surface area contributed by atoms with Crippen LogP contribution in [0, 0.1) is 11.8 Å². The summed E-state index contributed by atoms with van der Waals surface area (Å²) in [5.41, 5.74) is 1.11. The van der Waals surface area contributed by atoms with E-state index in [0.717, 1.165) is 56.3 Å². The van der Waals surface area contributed by atoms with Crippen LogP contribution in [0.5, 0.6) is 5.88 Å². The van der Waals surface area contributed by atoms with Gasteiger partial charge in [0.25, 0.3) is 0 Å². The van der Waals surface area contributed by atoms with E-state index in [2.05, 4.69) is 32.6 Å². The molecular weight excluding hydrogens is 448 g/mol. The Bertz CT molecular complexity index is 1440. The van der Waals surface area contributed by atoms with Crippen molar-refractivity contribution in [1.29, 1.82) is 0 Å². The third-order valence-corrected chi connectivity index (χ3v) is 7.25. The molecule has 2 atom stereocenters. The fraction of sp³-hybridized carbons (Fsp3) is 0.542. The summed E-state index contributed by atoms with van der Waals surface area (Å²) in [6.07, 6.45) is 10.2. The smallest absolute Gasteiger partial charge is 0.326 e. The number of nitrogens with one attached hydrogen (secondary N) is 4. The van der Waals surface area contributed by atoms with Gasteiger partial charge in [-0.05, 0) is 56.9 Å². The van der Waals surface area contributed by atoms with Gasteiger partial charge in [-0.2, -0.15) is 9.61 Å². The lowest BCUT2D eigenvalue weighted by Gasteiger charge is -2.30. The highest BCUT2D eigenvalue weighted by atomic mass is 16.3. The van der Waals surface area contributed by atoms with Gasteiger partial charge in [-0.25, -0.2) is 9.78 Å². The van der Waals surface area contributed by atoms with Crippen LogP contribution in [0.2, 0.25) is 0 Å². The molecule has 0 radical (unpaired) electrons. The number of fused-ring (bicyclic) bond motifs is 1. The average molecular weight is 479 g/mol. The van der Waals surface area contributed by atoms with E-state index in [0.29, 0.717) is 22.8 Å². The highest BCUT2D eigenvalue weighted by molar-refractivity contribution is 5.81. The molecule has 6 rings (SSSR count). The van der Waals surface area contributed by atoms with Crippen molar-refractivity contribution < 1.29 is 9.90 Å². The standard InChI is InChI=1S/C24H30N8O3/c1-12-8-17(12)22(33)28-16-6-2-14(3-7-16)26-19-10-20(27-15-4-5-15)32-21(30-19)13(11-25-32)9-18-23(34)31-24(35)29-18/h9-12,14-17,26,34H,2-8H2,1H3,(H,28,33)(H2,29,31,35). The van der Waals surface area contributed by atoms with Crippen LogP contribution in [0.1, 0.15) is 57.6 Å². The molecule has 11 nitrogen and oxygen atoms in total. The van der Waals surface area contributed by atoms with Crippen molar-refractivity contribution >= 4 is 23.4 Å². The van der Waals surface area contributed by atoms with Gasteiger partial charge in [0.05, 0.1) is 12.2 Å².